The lowest BCUT2D eigenvalue weighted by Crippen LogP contribution is -1.87. The van der Waals surface area contributed by atoms with Crippen LogP contribution in [0.1, 0.15) is 11.1 Å². The number of hydrogen-bond acceptors (Lipinski definition) is 0. The fraction of sp³-hybridized carbons (Fsp3) is 0.0345. The maximum absolute atomic E-state index is 3.12. The number of aromatic amines is 1. The molecule has 0 unspecified atom stereocenters. The van der Waals surface area contributed by atoms with Crippen LogP contribution in [-0.2, 0) is 6.42 Å². The van der Waals surface area contributed by atoms with Crippen LogP contribution in [0.15, 0.2) is 109 Å². The van der Waals surface area contributed by atoms with E-state index in [0.29, 0.717) is 0 Å². The van der Waals surface area contributed by atoms with Gasteiger partial charge in [0.1, 0.15) is 0 Å². The van der Waals surface area contributed by atoms with E-state index in [9.17, 15) is 0 Å². The lowest BCUT2D eigenvalue weighted by molar-refractivity contribution is 1.29. The van der Waals surface area contributed by atoms with Gasteiger partial charge in [0.05, 0.1) is 0 Å². The van der Waals surface area contributed by atoms with Crippen LogP contribution in [0.4, 0.5) is 0 Å². The zero-order valence-corrected chi connectivity index (χ0v) is 16.6. The van der Waals surface area contributed by atoms with Crippen LogP contribution in [0, 0.1) is 0 Å². The molecule has 1 aliphatic carbocycles. The SMILES string of the molecule is c1ccc2[nH]ccc2c1.c1ccc2c(c1)Cc1c-2c2ccccc2c2ccccc12. The Kier molecular flexibility index (Phi) is 3.92. The van der Waals surface area contributed by atoms with Crippen molar-refractivity contribution in [3.8, 4) is 11.1 Å². The van der Waals surface area contributed by atoms with Gasteiger partial charge in [0.25, 0.3) is 0 Å². The molecule has 30 heavy (non-hydrogen) atoms. The van der Waals surface area contributed by atoms with Gasteiger partial charge in [-0.15, -0.1) is 0 Å². The number of rotatable bonds is 0. The third-order valence-corrected chi connectivity index (χ3v) is 6.16. The number of para-hydroxylation sites is 1. The summed E-state index contributed by atoms with van der Waals surface area (Å²) in [7, 11) is 0. The van der Waals surface area contributed by atoms with Crippen molar-refractivity contribution in [1.82, 2.24) is 4.98 Å². The topological polar surface area (TPSA) is 15.8 Å². The van der Waals surface area contributed by atoms with E-state index in [-0.39, 0.29) is 0 Å². The summed E-state index contributed by atoms with van der Waals surface area (Å²) in [4.78, 5) is 3.12. The summed E-state index contributed by atoms with van der Waals surface area (Å²) >= 11 is 0. The number of hydrogen-bond donors (Lipinski definition) is 1. The summed E-state index contributed by atoms with van der Waals surface area (Å²) in [6, 6.07) is 36.7. The van der Waals surface area contributed by atoms with Crippen LogP contribution in [0.3, 0.4) is 0 Å². The fourth-order valence-electron chi connectivity index (χ4n) is 4.81. The molecule has 5 aromatic carbocycles. The van der Waals surface area contributed by atoms with Crippen molar-refractivity contribution in [3.63, 3.8) is 0 Å². The minimum Gasteiger partial charge on any atom is -0.361 e. The Bertz CT molecular complexity index is 1490. The third kappa shape index (κ3) is 2.63. The van der Waals surface area contributed by atoms with Gasteiger partial charge in [0, 0.05) is 11.7 Å². The number of nitrogens with one attached hydrogen (secondary N) is 1. The highest BCUT2D eigenvalue weighted by Gasteiger charge is 2.23. The minimum atomic E-state index is 1.05. The minimum absolute atomic E-state index is 1.05. The second kappa shape index (κ2) is 6.89. The first-order chi connectivity index (χ1) is 14.9. The van der Waals surface area contributed by atoms with E-state index < -0.39 is 0 Å². The van der Waals surface area contributed by atoms with Gasteiger partial charge in [0.15, 0.2) is 0 Å². The number of H-pyrrole nitrogens is 1. The van der Waals surface area contributed by atoms with Crippen molar-refractivity contribution < 1.29 is 0 Å². The molecule has 0 aliphatic heterocycles. The van der Waals surface area contributed by atoms with Gasteiger partial charge in [-0.1, -0.05) is 91.0 Å². The summed E-state index contributed by atoms with van der Waals surface area (Å²) in [5.41, 5.74) is 7.01. The Balaban J connectivity index is 0.000000163. The standard InChI is InChI=1S/C21H14.C8H7N/c1-2-8-15-14(7-1)13-20-18-11-4-3-9-16(18)17-10-5-6-12-19(17)21(15)20;1-2-4-8-7(3-1)5-6-9-8/h1-12H,13H2;1-6,9H. The van der Waals surface area contributed by atoms with Crippen molar-refractivity contribution in [2.75, 3.05) is 0 Å². The number of fused-ring (bicyclic) bond motifs is 9. The van der Waals surface area contributed by atoms with Crippen molar-refractivity contribution in [1.29, 1.82) is 0 Å². The highest BCUT2D eigenvalue weighted by molar-refractivity contribution is 6.17. The average Bonchev–Trinajstić information content (AvgIpc) is 3.45. The highest BCUT2D eigenvalue weighted by atomic mass is 14.7. The van der Waals surface area contributed by atoms with Gasteiger partial charge in [-0.05, 0) is 67.7 Å². The Morgan fingerprint density at radius 2 is 1.17 bits per heavy atom. The van der Waals surface area contributed by atoms with Crippen LogP contribution in [0.5, 0.6) is 0 Å². The van der Waals surface area contributed by atoms with Crippen molar-refractivity contribution in [2.24, 2.45) is 0 Å². The first kappa shape index (κ1) is 17.1. The molecule has 0 amide bonds. The zero-order chi connectivity index (χ0) is 19.9. The highest BCUT2D eigenvalue weighted by Crippen LogP contribution is 2.45. The normalized spacial score (nSPS) is 11.9. The lowest BCUT2D eigenvalue weighted by atomic mass is 9.92. The van der Waals surface area contributed by atoms with Gasteiger partial charge in [-0.3, -0.25) is 0 Å². The van der Waals surface area contributed by atoms with Crippen molar-refractivity contribution in [3.05, 3.63) is 120 Å². The van der Waals surface area contributed by atoms with Gasteiger partial charge in [-0.25, -0.2) is 0 Å². The van der Waals surface area contributed by atoms with E-state index >= 15 is 0 Å². The summed E-state index contributed by atoms with van der Waals surface area (Å²) in [5, 5.41) is 6.80. The molecule has 7 rings (SSSR count). The molecule has 1 aromatic heterocycles. The zero-order valence-electron chi connectivity index (χ0n) is 16.6. The molecule has 1 heteroatoms. The summed E-state index contributed by atoms with van der Waals surface area (Å²) in [6.07, 6.45) is 3.00. The van der Waals surface area contributed by atoms with Crippen molar-refractivity contribution >= 4 is 32.4 Å². The molecular formula is C29H21N. The Morgan fingerprint density at radius 3 is 2.00 bits per heavy atom. The molecule has 6 aromatic rings. The van der Waals surface area contributed by atoms with Crippen LogP contribution in [0.2, 0.25) is 0 Å². The van der Waals surface area contributed by atoms with Crippen LogP contribution in [-0.4, -0.2) is 4.98 Å². The van der Waals surface area contributed by atoms with E-state index in [1.165, 1.54) is 54.7 Å². The molecule has 1 heterocycles. The number of aromatic nitrogens is 1. The van der Waals surface area contributed by atoms with Gasteiger partial charge in [0.2, 0.25) is 0 Å². The molecule has 0 bridgehead atoms. The molecule has 1 aliphatic rings. The first-order valence-electron chi connectivity index (χ1n) is 10.4. The fourth-order valence-corrected chi connectivity index (χ4v) is 4.81. The molecule has 0 saturated carbocycles. The second-order valence-electron chi connectivity index (χ2n) is 7.84. The smallest absolute Gasteiger partial charge is 0.0453 e. The number of benzene rings is 5. The Labute approximate surface area is 175 Å². The summed E-state index contributed by atoms with van der Waals surface area (Å²) in [6.45, 7) is 0. The maximum atomic E-state index is 3.12. The molecular weight excluding hydrogens is 362 g/mol. The lowest BCUT2D eigenvalue weighted by Gasteiger charge is -2.12. The molecule has 0 radical (unpaired) electrons. The summed E-state index contributed by atoms with van der Waals surface area (Å²) in [5.74, 6) is 0. The van der Waals surface area contributed by atoms with E-state index in [0.717, 1.165) is 6.42 Å². The van der Waals surface area contributed by atoms with Gasteiger partial charge in [-0.2, -0.15) is 0 Å². The monoisotopic (exact) mass is 383 g/mol. The van der Waals surface area contributed by atoms with E-state index in [1.54, 1.807) is 0 Å². The largest absolute Gasteiger partial charge is 0.361 e. The molecule has 0 atom stereocenters. The van der Waals surface area contributed by atoms with Gasteiger partial charge < -0.3 is 4.98 Å². The van der Waals surface area contributed by atoms with Crippen LogP contribution >= 0.6 is 0 Å². The quantitative estimate of drug-likeness (QED) is 0.258. The van der Waals surface area contributed by atoms with Crippen molar-refractivity contribution in [2.45, 2.75) is 6.42 Å². The van der Waals surface area contributed by atoms with E-state index in [4.69, 9.17) is 0 Å². The van der Waals surface area contributed by atoms with Crippen LogP contribution in [0.25, 0.3) is 43.6 Å². The predicted octanol–water partition coefficient (Wildman–Crippen LogP) is 7.73. The molecule has 0 saturated heterocycles. The molecule has 0 spiro atoms. The molecule has 1 N–H and O–H groups in total. The molecule has 0 fully saturated rings. The van der Waals surface area contributed by atoms with Gasteiger partial charge >= 0.3 is 0 Å². The Hall–Kier alpha value is -3.84. The predicted molar refractivity (Wildman–Crippen MR) is 128 cm³/mol. The first-order valence-corrected chi connectivity index (χ1v) is 10.4. The molecule has 1 nitrogen and oxygen atoms in total. The van der Waals surface area contributed by atoms with Crippen LogP contribution < -0.4 is 0 Å². The molecule has 142 valence electrons. The van der Waals surface area contributed by atoms with E-state index in [1.807, 2.05) is 18.3 Å². The second-order valence-corrected chi connectivity index (χ2v) is 7.84. The Morgan fingerprint density at radius 1 is 0.533 bits per heavy atom. The third-order valence-electron chi connectivity index (χ3n) is 6.16. The maximum Gasteiger partial charge on any atom is 0.0453 e. The van der Waals surface area contributed by atoms with E-state index in [2.05, 4.69) is 96.0 Å². The average molecular weight is 383 g/mol. The summed E-state index contributed by atoms with van der Waals surface area (Å²) < 4.78 is 0.